The van der Waals surface area contributed by atoms with Crippen molar-refractivity contribution in [3.63, 3.8) is 0 Å². The maximum atomic E-state index is 15.2. The molecule has 1 aromatic heterocycles. The van der Waals surface area contributed by atoms with Crippen molar-refractivity contribution in [2.45, 2.75) is 78.2 Å². The van der Waals surface area contributed by atoms with E-state index in [2.05, 4.69) is 5.10 Å². The van der Waals surface area contributed by atoms with Gasteiger partial charge >= 0.3 is 12.2 Å². The Morgan fingerprint density at radius 1 is 1.18 bits per heavy atom. The fourth-order valence-corrected chi connectivity index (χ4v) is 4.57. The Morgan fingerprint density at radius 3 is 2.38 bits per heavy atom. The first-order valence-corrected chi connectivity index (χ1v) is 12.9. The number of fused-ring (bicyclic) bond motifs is 1. The molecule has 13 heteroatoms. The number of ether oxygens (including phenoxy) is 3. The van der Waals surface area contributed by atoms with Crippen LogP contribution in [0, 0.1) is 5.82 Å². The van der Waals surface area contributed by atoms with Gasteiger partial charge in [-0.1, -0.05) is 0 Å². The second-order valence-electron chi connectivity index (χ2n) is 11.9. The van der Waals surface area contributed by atoms with Gasteiger partial charge in [-0.25, -0.2) is 18.9 Å². The molecule has 0 saturated carbocycles. The highest BCUT2D eigenvalue weighted by Crippen LogP contribution is 2.33. The van der Waals surface area contributed by atoms with Crippen LogP contribution in [0.3, 0.4) is 0 Å². The first-order valence-electron chi connectivity index (χ1n) is 12.9. The van der Waals surface area contributed by atoms with Crippen LogP contribution >= 0.6 is 0 Å². The lowest BCUT2D eigenvalue weighted by molar-refractivity contribution is -0.234. The van der Waals surface area contributed by atoms with E-state index in [1.807, 2.05) is 18.1 Å². The quantitative estimate of drug-likeness (QED) is 0.501. The lowest BCUT2D eigenvalue weighted by Crippen LogP contribution is -2.51. The number of carbonyl (C=O) groups is 3. The smallest absolute Gasteiger partial charge is 0.414 e. The second kappa shape index (κ2) is 10.7. The van der Waals surface area contributed by atoms with Gasteiger partial charge in [-0.05, 0) is 59.7 Å². The van der Waals surface area contributed by atoms with E-state index in [1.165, 1.54) is 11.0 Å². The summed E-state index contributed by atoms with van der Waals surface area (Å²) in [5, 5.41) is 14.2. The number of hydrogen-bond donors (Lipinski definition) is 1. The van der Waals surface area contributed by atoms with Gasteiger partial charge in [0.2, 0.25) is 6.29 Å². The van der Waals surface area contributed by atoms with Crippen LogP contribution in [0.4, 0.5) is 25.4 Å². The van der Waals surface area contributed by atoms with Gasteiger partial charge in [-0.2, -0.15) is 5.10 Å². The molecule has 1 fully saturated rings. The van der Waals surface area contributed by atoms with Gasteiger partial charge in [0.1, 0.15) is 11.9 Å². The number of cyclic esters (lactones) is 1. The van der Waals surface area contributed by atoms with Crippen molar-refractivity contribution in [1.29, 1.82) is 0 Å². The van der Waals surface area contributed by atoms with E-state index in [1.54, 1.807) is 58.4 Å². The van der Waals surface area contributed by atoms with E-state index >= 15 is 4.39 Å². The topological polar surface area (TPSA) is 127 Å². The van der Waals surface area contributed by atoms with Gasteiger partial charge in [-0.15, -0.1) is 0 Å². The number of anilines is 2. The van der Waals surface area contributed by atoms with E-state index in [-0.39, 0.29) is 12.2 Å². The van der Waals surface area contributed by atoms with Crippen molar-refractivity contribution in [3.05, 3.63) is 41.5 Å². The number of halogens is 1. The summed E-state index contributed by atoms with van der Waals surface area (Å²) in [7, 11) is 1.84. The van der Waals surface area contributed by atoms with E-state index in [0.717, 1.165) is 11.3 Å². The molecule has 0 radical (unpaired) electrons. The van der Waals surface area contributed by atoms with Crippen molar-refractivity contribution in [3.8, 4) is 0 Å². The highest BCUT2D eigenvalue weighted by atomic mass is 19.1. The van der Waals surface area contributed by atoms with E-state index < -0.39 is 54.1 Å². The number of nitrogens with zero attached hydrogens (tertiary/aromatic N) is 5. The Kier molecular flexibility index (Phi) is 7.83. The largest absolute Gasteiger partial charge is 0.465 e. The van der Waals surface area contributed by atoms with Gasteiger partial charge in [0.15, 0.2) is 0 Å². The molecule has 1 atom stereocenters. The van der Waals surface area contributed by atoms with E-state index in [9.17, 15) is 19.5 Å². The van der Waals surface area contributed by atoms with Crippen molar-refractivity contribution in [2.24, 2.45) is 7.05 Å². The molecule has 4 rings (SSSR count). The van der Waals surface area contributed by atoms with Gasteiger partial charge < -0.3 is 24.2 Å². The van der Waals surface area contributed by atoms with E-state index in [0.29, 0.717) is 23.7 Å². The lowest BCUT2D eigenvalue weighted by Gasteiger charge is -2.33. The predicted octanol–water partition coefficient (Wildman–Crippen LogP) is 3.87. The summed E-state index contributed by atoms with van der Waals surface area (Å²) in [6.07, 6.45) is -2.91. The van der Waals surface area contributed by atoms with Crippen LogP contribution in [-0.2, 0) is 39.1 Å². The normalized spacial score (nSPS) is 17.4. The highest BCUT2D eigenvalue weighted by Gasteiger charge is 2.41. The molecule has 3 heterocycles. The SMILES string of the molecule is Cn1cc2c(n1)CN(c1ccc(N3C[C@H](CN(C(=O)O)C(=O)C(OC(C)(C)C)OC(C)(C)C)OC3=O)cc1F)C2. The summed E-state index contributed by atoms with van der Waals surface area (Å²) in [5.74, 6) is -1.46. The molecule has 1 aromatic carbocycles. The molecule has 1 saturated heterocycles. The third-order valence-electron chi connectivity index (χ3n) is 6.16. The summed E-state index contributed by atoms with van der Waals surface area (Å²) < 4.78 is 33.7. The Bertz CT molecular complexity index is 1260. The number of amides is 3. The maximum absolute atomic E-state index is 15.2. The number of aromatic nitrogens is 2. The van der Waals surface area contributed by atoms with Crippen LogP contribution in [0.15, 0.2) is 24.4 Å². The van der Waals surface area contributed by atoms with Crippen LogP contribution in [-0.4, -0.2) is 74.6 Å². The standard InChI is InChI=1S/C27H36FN5O7/c1-26(2,3)39-23(40-27(4,5)6)22(34)33(24(35)36)14-18-13-32(25(37)38-18)17-8-9-21(19(28)10-17)31-12-16-11-30(7)29-20(16)15-31/h8-11,18,23H,12-15H2,1-7H3,(H,35,36)/t18-/m1/s1. The number of rotatable bonds is 7. The monoisotopic (exact) mass is 561 g/mol. The van der Waals surface area contributed by atoms with Crippen molar-refractivity contribution >= 4 is 29.5 Å². The molecule has 2 aliphatic rings. The molecule has 2 aliphatic heterocycles. The van der Waals surface area contributed by atoms with E-state index in [4.69, 9.17) is 14.2 Å². The minimum Gasteiger partial charge on any atom is -0.465 e. The van der Waals surface area contributed by atoms with Gasteiger partial charge in [0, 0.05) is 25.4 Å². The number of imide groups is 1. The predicted molar refractivity (Wildman–Crippen MR) is 142 cm³/mol. The van der Waals surface area contributed by atoms with Crippen LogP contribution in [0.1, 0.15) is 52.8 Å². The van der Waals surface area contributed by atoms with Gasteiger partial charge in [0.25, 0.3) is 5.91 Å². The second-order valence-corrected chi connectivity index (χ2v) is 11.9. The molecule has 0 aliphatic carbocycles. The number of carboxylic acid groups (broad SMARTS) is 1. The molecule has 0 unspecified atom stereocenters. The van der Waals surface area contributed by atoms with Gasteiger partial charge in [0.05, 0.1) is 47.9 Å². The molecule has 218 valence electrons. The summed E-state index contributed by atoms with van der Waals surface area (Å²) >= 11 is 0. The zero-order valence-corrected chi connectivity index (χ0v) is 23.8. The minimum absolute atomic E-state index is 0.0840. The van der Waals surface area contributed by atoms with Crippen molar-refractivity contribution in [2.75, 3.05) is 22.9 Å². The molecule has 0 spiro atoms. The lowest BCUT2D eigenvalue weighted by atomic mass is 10.2. The Morgan fingerprint density at radius 2 is 1.82 bits per heavy atom. The summed E-state index contributed by atoms with van der Waals surface area (Å²) in [5.41, 5.74) is 0.923. The molecule has 2 aromatic rings. The molecule has 12 nitrogen and oxygen atoms in total. The highest BCUT2D eigenvalue weighted by molar-refractivity contribution is 5.94. The molecular formula is C27H36FN5O7. The molecular weight excluding hydrogens is 525 g/mol. The zero-order chi connectivity index (χ0) is 29.6. The first kappa shape index (κ1) is 29.3. The summed E-state index contributed by atoms with van der Waals surface area (Å²) in [6.45, 7) is 10.7. The van der Waals surface area contributed by atoms with Crippen molar-refractivity contribution < 1.29 is 38.1 Å². The Hall–Kier alpha value is -3.71. The first-order chi connectivity index (χ1) is 18.5. The fraction of sp³-hybridized carbons (Fsp3) is 0.556. The summed E-state index contributed by atoms with van der Waals surface area (Å²) in [4.78, 5) is 41.6. The number of carbonyl (C=O) groups excluding carboxylic acids is 2. The Balaban J connectivity index is 1.45. The molecule has 3 amide bonds. The van der Waals surface area contributed by atoms with Crippen LogP contribution < -0.4 is 9.80 Å². The average Bonchev–Trinajstić information content (AvgIpc) is 3.46. The third-order valence-corrected chi connectivity index (χ3v) is 6.16. The minimum atomic E-state index is -1.55. The van der Waals surface area contributed by atoms with Gasteiger partial charge in [-0.3, -0.25) is 14.4 Å². The number of benzene rings is 1. The van der Waals surface area contributed by atoms with Crippen LogP contribution in [0.5, 0.6) is 0 Å². The Labute approximate surface area is 232 Å². The maximum Gasteiger partial charge on any atom is 0.414 e. The molecule has 0 bridgehead atoms. The van der Waals surface area contributed by atoms with Crippen molar-refractivity contribution in [1.82, 2.24) is 14.7 Å². The molecule has 40 heavy (non-hydrogen) atoms. The summed E-state index contributed by atoms with van der Waals surface area (Å²) in [6, 6.07) is 4.42. The molecule has 1 N–H and O–H groups in total. The fourth-order valence-electron chi connectivity index (χ4n) is 4.57. The zero-order valence-electron chi connectivity index (χ0n) is 23.8. The number of aryl methyl sites for hydroxylation is 1. The number of hydrogen-bond acceptors (Lipinski definition) is 8. The average molecular weight is 562 g/mol. The van der Waals surface area contributed by atoms with Crippen LogP contribution in [0.25, 0.3) is 0 Å². The third kappa shape index (κ3) is 6.70. The van der Waals surface area contributed by atoms with Crippen LogP contribution in [0.2, 0.25) is 0 Å².